The Hall–Kier alpha value is -1.50. The zero-order valence-electron chi connectivity index (χ0n) is 8.36. The molecule has 0 aliphatic carbocycles. The molecule has 0 radical (unpaired) electrons. The molecule has 1 nitrogen and oxygen atoms in total. The summed E-state index contributed by atoms with van der Waals surface area (Å²) in [7, 11) is 0. The van der Waals surface area contributed by atoms with Crippen molar-refractivity contribution in [2.24, 2.45) is 0 Å². The van der Waals surface area contributed by atoms with Crippen LogP contribution in [0.5, 0.6) is 5.75 Å². The number of rotatable bonds is 3. The molecular weight excluding hydrogens is 172 g/mol. The van der Waals surface area contributed by atoms with Gasteiger partial charge >= 0.3 is 0 Å². The monoisotopic (exact) mass is 186 g/mol. The van der Waals surface area contributed by atoms with Crippen LogP contribution >= 0.6 is 0 Å². The average Bonchev–Trinajstić information content (AvgIpc) is 2.26. The van der Waals surface area contributed by atoms with Gasteiger partial charge in [0, 0.05) is 5.39 Å². The highest BCUT2D eigenvalue weighted by molar-refractivity contribution is 5.88. The van der Waals surface area contributed by atoms with Crippen LogP contribution in [-0.2, 0) is 0 Å². The molecule has 0 aliphatic rings. The summed E-state index contributed by atoms with van der Waals surface area (Å²) in [5.74, 6) is 0.991. The van der Waals surface area contributed by atoms with Crippen LogP contribution in [0, 0.1) is 0 Å². The fourth-order valence-electron chi connectivity index (χ4n) is 1.53. The van der Waals surface area contributed by atoms with Crippen molar-refractivity contribution in [3.8, 4) is 5.75 Å². The van der Waals surface area contributed by atoms with Crippen molar-refractivity contribution >= 4 is 10.8 Å². The molecule has 1 heteroatoms. The third kappa shape index (κ3) is 1.72. The zero-order valence-corrected chi connectivity index (χ0v) is 8.36. The first-order chi connectivity index (χ1) is 6.92. The predicted octanol–water partition coefficient (Wildman–Crippen LogP) is 3.63. The Balaban J connectivity index is 2.43. The van der Waals surface area contributed by atoms with E-state index in [1.807, 2.05) is 24.3 Å². The van der Waals surface area contributed by atoms with Gasteiger partial charge in [0.25, 0.3) is 0 Å². The molecule has 0 spiro atoms. The summed E-state index contributed by atoms with van der Waals surface area (Å²) < 4.78 is 5.67. The number of ether oxygens (including phenoxy) is 1. The molecule has 0 amide bonds. The van der Waals surface area contributed by atoms with Crippen molar-refractivity contribution in [2.75, 3.05) is 6.61 Å². The van der Waals surface area contributed by atoms with Crippen LogP contribution in [0.15, 0.2) is 42.5 Å². The molecule has 0 N–H and O–H groups in total. The fraction of sp³-hybridized carbons (Fsp3) is 0.231. The van der Waals surface area contributed by atoms with Crippen LogP contribution in [0.1, 0.15) is 13.3 Å². The third-order valence-electron chi connectivity index (χ3n) is 2.21. The van der Waals surface area contributed by atoms with Crippen molar-refractivity contribution in [3.05, 3.63) is 42.5 Å². The van der Waals surface area contributed by atoms with E-state index in [1.165, 1.54) is 10.8 Å². The van der Waals surface area contributed by atoms with E-state index in [1.54, 1.807) is 0 Å². The molecule has 0 aromatic heterocycles. The van der Waals surface area contributed by atoms with Gasteiger partial charge in [-0.2, -0.15) is 0 Å². The second kappa shape index (κ2) is 4.14. The summed E-state index contributed by atoms with van der Waals surface area (Å²) in [6.07, 6.45) is 1.04. The Morgan fingerprint density at radius 3 is 2.64 bits per heavy atom. The van der Waals surface area contributed by atoms with Crippen LogP contribution in [0.3, 0.4) is 0 Å². The molecule has 2 aromatic rings. The van der Waals surface area contributed by atoms with Crippen molar-refractivity contribution < 1.29 is 4.74 Å². The van der Waals surface area contributed by atoms with E-state index in [9.17, 15) is 0 Å². The van der Waals surface area contributed by atoms with Gasteiger partial charge < -0.3 is 4.74 Å². The summed E-state index contributed by atoms with van der Waals surface area (Å²) in [5, 5.41) is 2.43. The molecular formula is C13H14O. The minimum Gasteiger partial charge on any atom is -0.493 e. The molecule has 2 aromatic carbocycles. The standard InChI is InChI=1S/C13H14O/c1-2-10-14-13-9-5-7-11-6-3-4-8-12(11)13/h3-9H,2,10H2,1H3. The van der Waals surface area contributed by atoms with Crippen LogP contribution in [0.25, 0.3) is 10.8 Å². The normalized spacial score (nSPS) is 10.4. The molecule has 0 heterocycles. The van der Waals surface area contributed by atoms with Gasteiger partial charge in [-0.3, -0.25) is 0 Å². The SMILES string of the molecule is CCCOc1cccc2ccccc12. The molecule has 0 saturated carbocycles. The van der Waals surface area contributed by atoms with E-state index < -0.39 is 0 Å². The maximum atomic E-state index is 5.67. The molecule has 0 bridgehead atoms. The topological polar surface area (TPSA) is 9.23 Å². The lowest BCUT2D eigenvalue weighted by molar-refractivity contribution is 0.321. The van der Waals surface area contributed by atoms with E-state index in [0.29, 0.717) is 0 Å². The number of fused-ring (bicyclic) bond motifs is 1. The van der Waals surface area contributed by atoms with Crippen LogP contribution < -0.4 is 4.74 Å². The smallest absolute Gasteiger partial charge is 0.127 e. The quantitative estimate of drug-likeness (QED) is 0.711. The molecule has 2 rings (SSSR count). The minimum atomic E-state index is 0.786. The summed E-state index contributed by atoms with van der Waals surface area (Å²) >= 11 is 0. The molecule has 14 heavy (non-hydrogen) atoms. The molecule has 0 aliphatic heterocycles. The van der Waals surface area contributed by atoms with Gasteiger partial charge in [0.15, 0.2) is 0 Å². The van der Waals surface area contributed by atoms with Gasteiger partial charge in [0.2, 0.25) is 0 Å². The lowest BCUT2D eigenvalue weighted by atomic mass is 10.1. The van der Waals surface area contributed by atoms with E-state index in [2.05, 4.69) is 25.1 Å². The maximum absolute atomic E-state index is 5.67. The lowest BCUT2D eigenvalue weighted by Gasteiger charge is -2.07. The van der Waals surface area contributed by atoms with E-state index in [-0.39, 0.29) is 0 Å². The van der Waals surface area contributed by atoms with Gasteiger partial charge in [-0.05, 0) is 17.9 Å². The second-order valence-corrected chi connectivity index (χ2v) is 3.33. The van der Waals surface area contributed by atoms with Crippen molar-refractivity contribution in [3.63, 3.8) is 0 Å². The van der Waals surface area contributed by atoms with Gasteiger partial charge in [-0.1, -0.05) is 43.3 Å². The van der Waals surface area contributed by atoms with Crippen molar-refractivity contribution in [1.29, 1.82) is 0 Å². The van der Waals surface area contributed by atoms with Gasteiger partial charge in [-0.25, -0.2) is 0 Å². The minimum absolute atomic E-state index is 0.786. The predicted molar refractivity (Wildman–Crippen MR) is 59.7 cm³/mol. The van der Waals surface area contributed by atoms with Gasteiger partial charge in [-0.15, -0.1) is 0 Å². The number of benzene rings is 2. The molecule has 0 fully saturated rings. The highest BCUT2D eigenvalue weighted by Crippen LogP contribution is 2.24. The summed E-state index contributed by atoms with van der Waals surface area (Å²) in [6.45, 7) is 2.90. The Kier molecular flexibility index (Phi) is 2.68. The van der Waals surface area contributed by atoms with Crippen molar-refractivity contribution in [1.82, 2.24) is 0 Å². The highest BCUT2D eigenvalue weighted by Gasteiger charge is 1.99. The molecule has 0 atom stereocenters. The maximum Gasteiger partial charge on any atom is 0.127 e. The Labute approximate surface area is 84.3 Å². The van der Waals surface area contributed by atoms with Crippen molar-refractivity contribution in [2.45, 2.75) is 13.3 Å². The summed E-state index contributed by atoms with van der Waals surface area (Å²) in [5.41, 5.74) is 0. The van der Waals surface area contributed by atoms with Gasteiger partial charge in [0.05, 0.1) is 6.61 Å². The Morgan fingerprint density at radius 1 is 1.00 bits per heavy atom. The molecule has 0 saturated heterocycles. The van der Waals surface area contributed by atoms with Crippen LogP contribution in [0.4, 0.5) is 0 Å². The third-order valence-corrected chi connectivity index (χ3v) is 2.21. The lowest BCUT2D eigenvalue weighted by Crippen LogP contribution is -1.95. The summed E-state index contributed by atoms with van der Waals surface area (Å²) in [6, 6.07) is 14.5. The zero-order chi connectivity index (χ0) is 9.80. The first-order valence-corrected chi connectivity index (χ1v) is 5.02. The molecule has 0 unspecified atom stereocenters. The van der Waals surface area contributed by atoms with Crippen LogP contribution in [-0.4, -0.2) is 6.61 Å². The summed E-state index contributed by atoms with van der Waals surface area (Å²) in [4.78, 5) is 0. The van der Waals surface area contributed by atoms with Gasteiger partial charge in [0.1, 0.15) is 5.75 Å². The number of hydrogen-bond acceptors (Lipinski definition) is 1. The second-order valence-electron chi connectivity index (χ2n) is 3.33. The van der Waals surface area contributed by atoms with E-state index >= 15 is 0 Å². The first kappa shape index (κ1) is 9.07. The number of hydrogen-bond donors (Lipinski definition) is 0. The Bertz CT molecular complexity index is 415. The first-order valence-electron chi connectivity index (χ1n) is 5.02. The Morgan fingerprint density at radius 2 is 1.79 bits per heavy atom. The van der Waals surface area contributed by atoms with E-state index in [0.717, 1.165) is 18.8 Å². The van der Waals surface area contributed by atoms with Crippen LogP contribution in [0.2, 0.25) is 0 Å². The largest absolute Gasteiger partial charge is 0.493 e. The highest BCUT2D eigenvalue weighted by atomic mass is 16.5. The fourth-order valence-corrected chi connectivity index (χ4v) is 1.53. The average molecular weight is 186 g/mol. The molecule has 72 valence electrons. The van der Waals surface area contributed by atoms with E-state index in [4.69, 9.17) is 4.74 Å².